The SMILES string of the molecule is C1=[N+](c2ccc(-c3ccc(-c4nc5ccccc5c5cc6c7ccccc7n(-c7ccccc7)c6cc45)cc3)cc2)C(c2ccccc2)[n+]2ccccc21. The first-order valence-electron chi connectivity index (χ1n) is 18.5. The van der Waals surface area contributed by atoms with Gasteiger partial charge in [-0.05, 0) is 83.2 Å². The van der Waals surface area contributed by atoms with E-state index in [2.05, 4.69) is 214 Å². The molecule has 252 valence electrons. The molecule has 10 aromatic rings. The van der Waals surface area contributed by atoms with Crippen LogP contribution in [0.2, 0.25) is 0 Å². The third kappa shape index (κ3) is 4.81. The van der Waals surface area contributed by atoms with Crippen LogP contribution in [0.1, 0.15) is 17.4 Å². The minimum atomic E-state index is 0.0620. The Labute approximate surface area is 312 Å². The van der Waals surface area contributed by atoms with E-state index in [1.54, 1.807) is 0 Å². The molecular formula is C50H34N4+2. The van der Waals surface area contributed by atoms with Crippen molar-refractivity contribution in [1.82, 2.24) is 9.55 Å². The standard InChI is InChI=1S/C50H34N4/c1-3-13-37(14-4-1)50-52-30-12-11-17-40(52)33-53(50)38-28-26-35(27-29-38)34-22-24-36(25-23-34)49-45-32-48-44(31-43(45)41-18-7-9-20-46(41)51-49)42-19-8-10-21-47(42)54(48)39-15-5-2-6-16-39/h1-33,50H/q+2. The number of fused-ring (bicyclic) bond motifs is 7. The van der Waals surface area contributed by atoms with Gasteiger partial charge < -0.3 is 4.57 Å². The van der Waals surface area contributed by atoms with Crippen molar-refractivity contribution in [3.05, 3.63) is 206 Å². The number of hydrogen-bond donors (Lipinski definition) is 0. The lowest BCUT2D eigenvalue weighted by atomic mass is 9.96. The molecule has 3 aromatic heterocycles. The highest BCUT2D eigenvalue weighted by Gasteiger charge is 2.41. The van der Waals surface area contributed by atoms with Crippen LogP contribution >= 0.6 is 0 Å². The topological polar surface area (TPSA) is 24.7 Å². The highest BCUT2D eigenvalue weighted by molar-refractivity contribution is 6.20. The first-order valence-corrected chi connectivity index (χ1v) is 18.5. The number of pyridine rings is 2. The molecule has 0 radical (unpaired) electrons. The molecule has 11 rings (SSSR count). The molecule has 0 amide bonds. The highest BCUT2D eigenvalue weighted by Crippen LogP contribution is 2.40. The molecule has 1 atom stereocenters. The van der Waals surface area contributed by atoms with E-state index in [0.717, 1.165) is 38.9 Å². The Morgan fingerprint density at radius 2 is 1.11 bits per heavy atom. The van der Waals surface area contributed by atoms with Crippen molar-refractivity contribution in [3.8, 4) is 28.1 Å². The number of para-hydroxylation sites is 3. The van der Waals surface area contributed by atoms with Crippen molar-refractivity contribution in [2.45, 2.75) is 6.17 Å². The summed E-state index contributed by atoms with van der Waals surface area (Å²) in [4.78, 5) is 5.32. The van der Waals surface area contributed by atoms with Gasteiger partial charge in [0.15, 0.2) is 6.20 Å². The second-order valence-corrected chi connectivity index (χ2v) is 14.1. The Bertz CT molecular complexity index is 3070. The van der Waals surface area contributed by atoms with E-state index in [-0.39, 0.29) is 6.17 Å². The fourth-order valence-corrected chi connectivity index (χ4v) is 8.45. The molecule has 0 fully saturated rings. The van der Waals surface area contributed by atoms with E-state index >= 15 is 0 Å². The van der Waals surface area contributed by atoms with Gasteiger partial charge in [0.25, 0.3) is 5.69 Å². The maximum absolute atomic E-state index is 5.32. The van der Waals surface area contributed by atoms with Gasteiger partial charge in [-0.1, -0.05) is 97.1 Å². The monoisotopic (exact) mass is 690 g/mol. The van der Waals surface area contributed by atoms with Crippen molar-refractivity contribution < 1.29 is 9.14 Å². The summed E-state index contributed by atoms with van der Waals surface area (Å²) in [6, 6.07) is 67.6. The van der Waals surface area contributed by atoms with Gasteiger partial charge in [0.2, 0.25) is 11.9 Å². The van der Waals surface area contributed by atoms with Crippen LogP contribution in [0.5, 0.6) is 0 Å². The largest absolute Gasteiger partial charge is 0.380 e. The minimum absolute atomic E-state index is 0.0620. The molecule has 0 saturated carbocycles. The molecule has 0 saturated heterocycles. The lowest BCUT2D eigenvalue weighted by molar-refractivity contribution is -0.830. The number of hydrogen-bond acceptors (Lipinski definition) is 1. The number of benzene rings is 7. The van der Waals surface area contributed by atoms with Crippen LogP contribution in [0.25, 0.3) is 71.6 Å². The van der Waals surface area contributed by atoms with Gasteiger partial charge in [-0.3, -0.25) is 0 Å². The van der Waals surface area contributed by atoms with Crippen LogP contribution in [-0.2, 0) is 0 Å². The Kier molecular flexibility index (Phi) is 6.89. The van der Waals surface area contributed by atoms with Crippen LogP contribution < -0.4 is 4.57 Å². The van der Waals surface area contributed by atoms with Gasteiger partial charge in [0.1, 0.15) is 0 Å². The summed E-state index contributed by atoms with van der Waals surface area (Å²) in [5.74, 6) is 0. The lowest BCUT2D eigenvalue weighted by Gasteiger charge is -2.13. The summed E-state index contributed by atoms with van der Waals surface area (Å²) < 4.78 is 7.08. The first kappa shape index (κ1) is 30.5. The van der Waals surface area contributed by atoms with Crippen molar-refractivity contribution in [2.24, 2.45) is 0 Å². The zero-order chi connectivity index (χ0) is 35.6. The van der Waals surface area contributed by atoms with Gasteiger partial charge in [0, 0.05) is 57.1 Å². The lowest BCUT2D eigenvalue weighted by Crippen LogP contribution is -2.42. The number of rotatable bonds is 5. The second kappa shape index (κ2) is 12.2. The molecule has 1 aliphatic rings. The summed E-state index contributed by atoms with van der Waals surface area (Å²) in [6.07, 6.45) is 4.47. The molecular weight excluding hydrogens is 657 g/mol. The van der Waals surface area contributed by atoms with Crippen molar-refractivity contribution in [2.75, 3.05) is 0 Å². The van der Waals surface area contributed by atoms with E-state index in [1.165, 1.54) is 49.6 Å². The number of aromatic nitrogens is 3. The Hall–Kier alpha value is -7.17. The minimum Gasteiger partial charge on any atom is -0.309 e. The average Bonchev–Trinajstić information content (AvgIpc) is 3.79. The first-order chi connectivity index (χ1) is 26.8. The third-order valence-corrected chi connectivity index (χ3v) is 11.0. The predicted octanol–water partition coefficient (Wildman–Crippen LogP) is 11.4. The van der Waals surface area contributed by atoms with Crippen LogP contribution in [0.4, 0.5) is 5.69 Å². The van der Waals surface area contributed by atoms with Gasteiger partial charge in [0.05, 0.1) is 27.8 Å². The maximum Gasteiger partial charge on any atom is 0.380 e. The van der Waals surface area contributed by atoms with Crippen molar-refractivity contribution in [1.29, 1.82) is 0 Å². The van der Waals surface area contributed by atoms with Crippen LogP contribution in [0.15, 0.2) is 194 Å². The maximum atomic E-state index is 5.32. The molecule has 1 aliphatic heterocycles. The number of nitrogens with zero attached hydrogens (tertiary/aromatic N) is 4. The van der Waals surface area contributed by atoms with Crippen LogP contribution in [0, 0.1) is 0 Å². The van der Waals surface area contributed by atoms with E-state index in [4.69, 9.17) is 4.98 Å². The molecule has 4 nitrogen and oxygen atoms in total. The summed E-state index contributed by atoms with van der Waals surface area (Å²) in [6.45, 7) is 0. The molecule has 0 aliphatic carbocycles. The average molecular weight is 691 g/mol. The molecule has 7 aromatic carbocycles. The molecule has 4 heterocycles. The van der Waals surface area contributed by atoms with Crippen LogP contribution in [0.3, 0.4) is 0 Å². The van der Waals surface area contributed by atoms with Crippen molar-refractivity contribution >= 4 is 55.4 Å². The van der Waals surface area contributed by atoms with E-state index < -0.39 is 0 Å². The Morgan fingerprint density at radius 1 is 0.463 bits per heavy atom. The zero-order valence-electron chi connectivity index (χ0n) is 29.4. The van der Waals surface area contributed by atoms with E-state index in [1.807, 2.05) is 0 Å². The quantitative estimate of drug-likeness (QED) is 0.130. The molecule has 0 spiro atoms. The summed E-state index contributed by atoms with van der Waals surface area (Å²) in [5, 5.41) is 6.01. The fourth-order valence-electron chi connectivity index (χ4n) is 8.45. The third-order valence-electron chi connectivity index (χ3n) is 11.0. The van der Waals surface area contributed by atoms with Gasteiger partial charge in [-0.15, -0.1) is 9.14 Å². The Morgan fingerprint density at radius 3 is 1.91 bits per heavy atom. The van der Waals surface area contributed by atoms with Crippen molar-refractivity contribution in [3.63, 3.8) is 0 Å². The summed E-state index contributed by atoms with van der Waals surface area (Å²) >= 11 is 0. The molecule has 4 heteroatoms. The van der Waals surface area contributed by atoms with Gasteiger partial charge in [-0.2, -0.15) is 0 Å². The van der Waals surface area contributed by atoms with Gasteiger partial charge in [-0.25, -0.2) is 4.98 Å². The second-order valence-electron chi connectivity index (χ2n) is 14.1. The van der Waals surface area contributed by atoms with Gasteiger partial charge >= 0.3 is 6.17 Å². The van der Waals surface area contributed by atoms with E-state index in [9.17, 15) is 0 Å². The molecule has 0 N–H and O–H groups in total. The fraction of sp³-hybridized carbons (Fsp3) is 0.0200. The molecule has 0 bridgehead atoms. The normalized spacial score (nSPS) is 13.9. The highest BCUT2D eigenvalue weighted by atomic mass is 15.3. The summed E-state index contributed by atoms with van der Waals surface area (Å²) in [5.41, 5.74) is 12.5. The predicted molar refractivity (Wildman–Crippen MR) is 221 cm³/mol. The Balaban J connectivity index is 1.01. The smallest absolute Gasteiger partial charge is 0.309 e. The molecule has 1 unspecified atom stereocenters. The summed E-state index contributed by atoms with van der Waals surface area (Å²) in [7, 11) is 0. The zero-order valence-corrected chi connectivity index (χ0v) is 29.4. The van der Waals surface area contributed by atoms with E-state index in [0.29, 0.717) is 0 Å². The van der Waals surface area contributed by atoms with Crippen LogP contribution in [-0.4, -0.2) is 20.3 Å². The molecule has 54 heavy (non-hydrogen) atoms.